The lowest BCUT2D eigenvalue weighted by Crippen LogP contribution is -2.57. The standard InChI is InChI=1S/C17H26N2O/c1-17(16-7-3-2-4-8-16)14-19(10-9-18-17)12-15-6-5-11-20-13-15/h2-4,7-8,15,18H,5-6,9-14H2,1H3. The number of ether oxygens (including phenoxy) is 1. The average Bonchev–Trinajstić information content (AvgIpc) is 2.49. The summed E-state index contributed by atoms with van der Waals surface area (Å²) in [6, 6.07) is 10.8. The molecule has 0 spiro atoms. The molecular formula is C17H26N2O. The number of nitrogens with one attached hydrogen (secondary N) is 1. The summed E-state index contributed by atoms with van der Waals surface area (Å²) in [7, 11) is 0. The normalized spacial score (nSPS) is 32.1. The molecule has 2 aliphatic heterocycles. The van der Waals surface area contributed by atoms with Gasteiger partial charge in [-0.3, -0.25) is 4.90 Å². The average molecular weight is 274 g/mol. The third-order valence-corrected chi connectivity index (χ3v) is 4.66. The van der Waals surface area contributed by atoms with Crippen molar-refractivity contribution in [2.45, 2.75) is 25.3 Å². The quantitative estimate of drug-likeness (QED) is 0.915. The molecule has 2 saturated heterocycles. The smallest absolute Gasteiger partial charge is 0.0535 e. The zero-order valence-electron chi connectivity index (χ0n) is 12.5. The van der Waals surface area contributed by atoms with E-state index in [2.05, 4.69) is 47.5 Å². The summed E-state index contributed by atoms with van der Waals surface area (Å²) in [6.07, 6.45) is 2.55. The molecule has 3 heteroatoms. The SMILES string of the molecule is CC1(c2ccccc2)CN(CC2CCCOC2)CCN1. The zero-order valence-corrected chi connectivity index (χ0v) is 12.5. The Morgan fingerprint density at radius 2 is 2.20 bits per heavy atom. The van der Waals surface area contributed by atoms with Crippen molar-refractivity contribution in [3.05, 3.63) is 35.9 Å². The molecule has 0 aromatic heterocycles. The van der Waals surface area contributed by atoms with Crippen molar-refractivity contribution in [1.82, 2.24) is 10.2 Å². The van der Waals surface area contributed by atoms with Gasteiger partial charge >= 0.3 is 0 Å². The monoisotopic (exact) mass is 274 g/mol. The van der Waals surface area contributed by atoms with Crippen molar-refractivity contribution in [2.75, 3.05) is 39.4 Å². The molecule has 2 atom stereocenters. The first-order valence-electron chi connectivity index (χ1n) is 7.87. The lowest BCUT2D eigenvalue weighted by atomic mass is 9.89. The second-order valence-electron chi connectivity index (χ2n) is 6.44. The van der Waals surface area contributed by atoms with Crippen molar-refractivity contribution in [3.8, 4) is 0 Å². The summed E-state index contributed by atoms with van der Waals surface area (Å²) in [4.78, 5) is 2.61. The van der Waals surface area contributed by atoms with Crippen LogP contribution in [-0.4, -0.2) is 44.3 Å². The number of piperazine rings is 1. The maximum absolute atomic E-state index is 5.62. The van der Waals surface area contributed by atoms with Crippen molar-refractivity contribution < 1.29 is 4.74 Å². The maximum Gasteiger partial charge on any atom is 0.0535 e. The molecule has 2 aliphatic rings. The van der Waals surface area contributed by atoms with Crippen molar-refractivity contribution in [2.24, 2.45) is 5.92 Å². The largest absolute Gasteiger partial charge is 0.381 e. The van der Waals surface area contributed by atoms with E-state index in [4.69, 9.17) is 4.74 Å². The van der Waals surface area contributed by atoms with Gasteiger partial charge in [0.05, 0.1) is 12.1 Å². The fraction of sp³-hybridized carbons (Fsp3) is 0.647. The first kappa shape index (κ1) is 14.1. The Bertz CT molecular complexity index is 416. The Kier molecular flexibility index (Phi) is 4.39. The summed E-state index contributed by atoms with van der Waals surface area (Å²) >= 11 is 0. The molecule has 3 rings (SSSR count). The van der Waals surface area contributed by atoms with E-state index in [-0.39, 0.29) is 5.54 Å². The van der Waals surface area contributed by atoms with Crippen LogP contribution < -0.4 is 5.32 Å². The Hall–Kier alpha value is -0.900. The van der Waals surface area contributed by atoms with Gasteiger partial charge in [0.25, 0.3) is 0 Å². The van der Waals surface area contributed by atoms with Gasteiger partial charge in [-0.25, -0.2) is 0 Å². The molecule has 2 unspecified atom stereocenters. The van der Waals surface area contributed by atoms with Gasteiger partial charge in [-0.05, 0) is 31.2 Å². The second-order valence-corrected chi connectivity index (χ2v) is 6.44. The molecule has 110 valence electrons. The van der Waals surface area contributed by atoms with Crippen molar-refractivity contribution >= 4 is 0 Å². The molecular weight excluding hydrogens is 248 g/mol. The van der Waals surface area contributed by atoms with E-state index in [1.807, 2.05) is 0 Å². The van der Waals surface area contributed by atoms with Gasteiger partial charge in [-0.2, -0.15) is 0 Å². The summed E-state index contributed by atoms with van der Waals surface area (Å²) < 4.78 is 5.62. The molecule has 0 bridgehead atoms. The zero-order chi connectivity index (χ0) is 13.8. The third-order valence-electron chi connectivity index (χ3n) is 4.66. The molecule has 2 fully saturated rings. The second kappa shape index (κ2) is 6.25. The molecule has 0 aliphatic carbocycles. The Balaban J connectivity index is 1.63. The van der Waals surface area contributed by atoms with Gasteiger partial charge in [-0.1, -0.05) is 30.3 Å². The first-order valence-corrected chi connectivity index (χ1v) is 7.87. The van der Waals surface area contributed by atoms with Crippen LogP contribution in [0, 0.1) is 5.92 Å². The van der Waals surface area contributed by atoms with Gasteiger partial charge < -0.3 is 10.1 Å². The highest BCUT2D eigenvalue weighted by Gasteiger charge is 2.33. The minimum absolute atomic E-state index is 0.0784. The summed E-state index contributed by atoms with van der Waals surface area (Å²) in [5.74, 6) is 0.724. The topological polar surface area (TPSA) is 24.5 Å². The molecule has 2 heterocycles. The molecule has 1 aromatic rings. The molecule has 0 radical (unpaired) electrons. The summed E-state index contributed by atoms with van der Waals surface area (Å²) in [5.41, 5.74) is 1.47. The van der Waals surface area contributed by atoms with Gasteiger partial charge in [0.1, 0.15) is 0 Å². The lowest BCUT2D eigenvalue weighted by molar-refractivity contribution is 0.0277. The number of benzene rings is 1. The van der Waals surface area contributed by atoms with E-state index >= 15 is 0 Å². The molecule has 1 aromatic carbocycles. The van der Waals surface area contributed by atoms with Crippen LogP contribution in [0.5, 0.6) is 0 Å². The van der Waals surface area contributed by atoms with E-state index in [0.29, 0.717) is 0 Å². The minimum atomic E-state index is 0.0784. The van der Waals surface area contributed by atoms with Crippen LogP contribution in [0.25, 0.3) is 0 Å². The maximum atomic E-state index is 5.62. The predicted octanol–water partition coefficient (Wildman–Crippen LogP) is 2.23. The highest BCUT2D eigenvalue weighted by molar-refractivity contribution is 5.24. The number of hydrogen-bond acceptors (Lipinski definition) is 3. The van der Waals surface area contributed by atoms with Gasteiger partial charge in [-0.15, -0.1) is 0 Å². The van der Waals surface area contributed by atoms with Crippen LogP contribution >= 0.6 is 0 Å². The number of nitrogens with zero attached hydrogens (tertiary/aromatic N) is 1. The van der Waals surface area contributed by atoms with Crippen LogP contribution in [0.2, 0.25) is 0 Å². The summed E-state index contributed by atoms with van der Waals surface area (Å²) in [5, 5.41) is 3.71. The molecule has 1 N–H and O–H groups in total. The van der Waals surface area contributed by atoms with E-state index in [9.17, 15) is 0 Å². The van der Waals surface area contributed by atoms with E-state index in [1.165, 1.54) is 24.9 Å². The van der Waals surface area contributed by atoms with Gasteiger partial charge in [0, 0.05) is 32.8 Å². The van der Waals surface area contributed by atoms with E-state index in [1.54, 1.807) is 0 Å². The van der Waals surface area contributed by atoms with Crippen LogP contribution in [0.4, 0.5) is 0 Å². The molecule has 3 nitrogen and oxygen atoms in total. The fourth-order valence-corrected chi connectivity index (χ4v) is 3.54. The molecule has 20 heavy (non-hydrogen) atoms. The summed E-state index contributed by atoms with van der Waals surface area (Å²) in [6.45, 7) is 8.73. The Labute approximate surface area is 122 Å². The number of hydrogen-bond donors (Lipinski definition) is 1. The van der Waals surface area contributed by atoms with Crippen LogP contribution in [0.15, 0.2) is 30.3 Å². The highest BCUT2D eigenvalue weighted by Crippen LogP contribution is 2.25. The molecule has 0 saturated carbocycles. The van der Waals surface area contributed by atoms with Crippen LogP contribution in [0.1, 0.15) is 25.3 Å². The van der Waals surface area contributed by atoms with Crippen LogP contribution in [-0.2, 0) is 10.3 Å². The lowest BCUT2D eigenvalue weighted by Gasteiger charge is -2.43. The van der Waals surface area contributed by atoms with Gasteiger partial charge in [0.15, 0.2) is 0 Å². The van der Waals surface area contributed by atoms with Gasteiger partial charge in [0.2, 0.25) is 0 Å². The third kappa shape index (κ3) is 3.22. The predicted molar refractivity (Wildman–Crippen MR) is 81.8 cm³/mol. The van der Waals surface area contributed by atoms with Crippen LogP contribution in [0.3, 0.4) is 0 Å². The fourth-order valence-electron chi connectivity index (χ4n) is 3.54. The number of rotatable bonds is 3. The highest BCUT2D eigenvalue weighted by atomic mass is 16.5. The van der Waals surface area contributed by atoms with Crippen molar-refractivity contribution in [3.63, 3.8) is 0 Å². The Morgan fingerprint density at radius 1 is 1.35 bits per heavy atom. The van der Waals surface area contributed by atoms with Crippen molar-refractivity contribution in [1.29, 1.82) is 0 Å². The van der Waals surface area contributed by atoms with E-state index < -0.39 is 0 Å². The first-order chi connectivity index (χ1) is 9.76. The molecule has 0 amide bonds. The Morgan fingerprint density at radius 3 is 2.95 bits per heavy atom. The minimum Gasteiger partial charge on any atom is -0.381 e. The van der Waals surface area contributed by atoms with E-state index in [0.717, 1.165) is 38.8 Å².